The van der Waals surface area contributed by atoms with Crippen LogP contribution in [0.2, 0.25) is 0 Å². The van der Waals surface area contributed by atoms with Gasteiger partial charge in [0.2, 0.25) is 0 Å². The van der Waals surface area contributed by atoms with E-state index in [2.05, 4.69) is 38.4 Å². The lowest BCUT2D eigenvalue weighted by Gasteiger charge is -2.39. The van der Waals surface area contributed by atoms with Crippen molar-refractivity contribution in [3.8, 4) is 6.07 Å². The van der Waals surface area contributed by atoms with Gasteiger partial charge in [-0.15, -0.1) is 0 Å². The van der Waals surface area contributed by atoms with Crippen LogP contribution in [0.1, 0.15) is 48.0 Å². The number of sulfone groups is 1. The molecule has 3 atom stereocenters. The summed E-state index contributed by atoms with van der Waals surface area (Å²) in [5, 5.41) is 8.79. The predicted molar refractivity (Wildman–Crippen MR) is 108 cm³/mol. The quantitative estimate of drug-likeness (QED) is 0.307. The first-order valence-corrected chi connectivity index (χ1v) is 13.5. The van der Waals surface area contributed by atoms with E-state index in [1.165, 1.54) is 27.8 Å². The van der Waals surface area contributed by atoms with Gasteiger partial charge in [0.1, 0.15) is 10.7 Å². The minimum Gasteiger partial charge on any atom is -0.321 e. The van der Waals surface area contributed by atoms with E-state index >= 15 is 0 Å². The van der Waals surface area contributed by atoms with Gasteiger partial charge in [-0.25, -0.2) is 13.1 Å². The minimum absolute atomic E-state index is 0.176. The number of hydrogen-bond acceptors (Lipinski definition) is 8. The van der Waals surface area contributed by atoms with Gasteiger partial charge in [-0.2, -0.15) is 5.26 Å². The first kappa shape index (κ1) is 23.5. The fraction of sp³-hybridized carbons (Fsp3) is 0.933. The van der Waals surface area contributed by atoms with E-state index < -0.39 is 29.0 Å². The Bertz CT molecular complexity index is 570. The summed E-state index contributed by atoms with van der Waals surface area (Å²) >= 11 is 0. The first-order chi connectivity index (χ1) is 11.4. The maximum atomic E-state index is 12.2. The summed E-state index contributed by atoms with van der Waals surface area (Å²) in [5.74, 6) is 0. The van der Waals surface area contributed by atoms with Crippen LogP contribution in [0.25, 0.3) is 0 Å². The molecule has 0 aromatic carbocycles. The third-order valence-corrected chi connectivity index (χ3v) is 11.9. The van der Waals surface area contributed by atoms with Gasteiger partial charge in [-0.1, -0.05) is 21.6 Å². The Labute approximate surface area is 161 Å². The molecule has 1 rings (SSSR count). The summed E-state index contributed by atoms with van der Waals surface area (Å²) < 4.78 is 37.8. The molecule has 0 N–H and O–H groups in total. The van der Waals surface area contributed by atoms with Crippen LogP contribution in [0.5, 0.6) is 0 Å². The highest BCUT2D eigenvalue weighted by Crippen LogP contribution is 2.59. The lowest BCUT2D eigenvalue weighted by atomic mass is 10.1. The number of nitrogens with zero attached hydrogens (tertiary/aromatic N) is 2. The Morgan fingerprint density at radius 2 is 1.84 bits per heavy atom. The molecule has 146 valence electrons. The van der Waals surface area contributed by atoms with Gasteiger partial charge in [-0.3, -0.25) is 0 Å². The van der Waals surface area contributed by atoms with Crippen molar-refractivity contribution in [3.05, 3.63) is 0 Å². The van der Waals surface area contributed by atoms with Crippen LogP contribution in [-0.4, -0.2) is 53.5 Å². The van der Waals surface area contributed by atoms with E-state index in [1.54, 1.807) is 0 Å². The Morgan fingerprint density at radius 1 is 1.28 bits per heavy atom. The molecule has 25 heavy (non-hydrogen) atoms. The van der Waals surface area contributed by atoms with Crippen molar-refractivity contribution in [2.24, 2.45) is 0 Å². The molecular formula is C15H29N2O4PS3. The molecule has 1 heterocycles. The number of rotatable bonds is 9. The van der Waals surface area contributed by atoms with E-state index in [0.717, 1.165) is 0 Å². The van der Waals surface area contributed by atoms with Gasteiger partial charge in [0, 0.05) is 23.1 Å². The first-order valence-electron chi connectivity index (χ1n) is 8.20. The molecule has 0 spiro atoms. The second kappa shape index (κ2) is 9.59. The van der Waals surface area contributed by atoms with Gasteiger partial charge in [-0.05, 0) is 41.5 Å². The Hall–Kier alpha value is 0.450. The highest BCUT2D eigenvalue weighted by molar-refractivity contribution is 8.79. The summed E-state index contributed by atoms with van der Waals surface area (Å²) in [6.45, 7) is 12.5. The number of nitriles is 1. The number of hydrogen-bond donors (Lipinski definition) is 0. The average molecular weight is 429 g/mol. The second-order valence-corrected chi connectivity index (χ2v) is 13.9. The standard InChI is InChI=1S/C15H29N2O4PS3/c1-11(2)17(12(3)4)22(20-10-8-9-16)21-13-14(25(7,18)19)23-24-15(13,5)6/h11-14H,8,10H2,1-7H3. The Kier molecular flexibility index (Phi) is 9.01. The van der Waals surface area contributed by atoms with Crippen LogP contribution in [-0.2, 0) is 18.9 Å². The van der Waals surface area contributed by atoms with Gasteiger partial charge in [0.05, 0.1) is 19.1 Å². The maximum Gasteiger partial charge on any atom is 0.259 e. The molecule has 1 aliphatic rings. The molecule has 0 aromatic rings. The maximum absolute atomic E-state index is 12.2. The fourth-order valence-corrected chi connectivity index (χ4v) is 10.5. The van der Waals surface area contributed by atoms with Crippen LogP contribution in [0.3, 0.4) is 0 Å². The zero-order valence-corrected chi connectivity index (χ0v) is 19.3. The van der Waals surface area contributed by atoms with Crippen molar-refractivity contribution in [2.75, 3.05) is 12.9 Å². The third kappa shape index (κ3) is 6.53. The fourth-order valence-electron chi connectivity index (χ4n) is 2.46. The SMILES string of the molecule is CC(C)N(C(C)C)P(OCCC#N)OC1C(S(C)(=O)=O)SSC1(C)C. The normalized spacial score (nSPS) is 24.8. The zero-order valence-electron chi connectivity index (χ0n) is 15.9. The van der Waals surface area contributed by atoms with Crippen LogP contribution in [0.15, 0.2) is 0 Å². The van der Waals surface area contributed by atoms with Crippen molar-refractivity contribution in [2.45, 2.75) is 75.5 Å². The molecule has 1 saturated heterocycles. The molecule has 1 fully saturated rings. The predicted octanol–water partition coefficient (Wildman–Crippen LogP) is 4.19. The van der Waals surface area contributed by atoms with Crippen LogP contribution >= 0.6 is 30.1 Å². The summed E-state index contributed by atoms with van der Waals surface area (Å²) in [7, 11) is -1.84. The summed E-state index contributed by atoms with van der Waals surface area (Å²) in [6, 6.07) is 2.42. The highest BCUT2D eigenvalue weighted by atomic mass is 33.1. The highest BCUT2D eigenvalue weighted by Gasteiger charge is 2.51. The van der Waals surface area contributed by atoms with E-state index in [-0.39, 0.29) is 29.9 Å². The Morgan fingerprint density at radius 3 is 2.28 bits per heavy atom. The molecule has 0 radical (unpaired) electrons. The topological polar surface area (TPSA) is 79.6 Å². The van der Waals surface area contributed by atoms with E-state index in [1.807, 2.05) is 13.8 Å². The summed E-state index contributed by atoms with van der Waals surface area (Å²) in [6.07, 6.45) is 1.05. The zero-order chi connectivity index (χ0) is 19.4. The summed E-state index contributed by atoms with van der Waals surface area (Å²) in [5.41, 5.74) is 0. The molecule has 0 aromatic heterocycles. The molecular weight excluding hydrogens is 399 g/mol. The van der Waals surface area contributed by atoms with E-state index in [0.29, 0.717) is 0 Å². The monoisotopic (exact) mass is 428 g/mol. The summed E-state index contributed by atoms with van der Waals surface area (Å²) in [4.78, 5) is 0. The molecule has 6 nitrogen and oxygen atoms in total. The van der Waals surface area contributed by atoms with Crippen molar-refractivity contribution >= 4 is 40.0 Å². The molecule has 10 heteroatoms. The Balaban J connectivity index is 3.10. The molecule has 1 aliphatic heterocycles. The van der Waals surface area contributed by atoms with Crippen LogP contribution < -0.4 is 0 Å². The smallest absolute Gasteiger partial charge is 0.259 e. The van der Waals surface area contributed by atoms with Crippen molar-refractivity contribution in [1.82, 2.24) is 4.67 Å². The molecule has 0 amide bonds. The van der Waals surface area contributed by atoms with Crippen molar-refractivity contribution in [1.29, 1.82) is 5.26 Å². The van der Waals surface area contributed by atoms with Crippen molar-refractivity contribution in [3.63, 3.8) is 0 Å². The average Bonchev–Trinajstić information content (AvgIpc) is 2.73. The van der Waals surface area contributed by atoms with Crippen LogP contribution in [0, 0.1) is 11.3 Å². The molecule has 3 unspecified atom stereocenters. The third-order valence-electron chi connectivity index (χ3n) is 3.58. The minimum atomic E-state index is -3.26. The largest absolute Gasteiger partial charge is 0.321 e. The second-order valence-electron chi connectivity index (χ2n) is 7.05. The molecule has 0 saturated carbocycles. The lowest BCUT2D eigenvalue weighted by Crippen LogP contribution is -2.42. The molecule has 0 aliphatic carbocycles. The van der Waals surface area contributed by atoms with Crippen molar-refractivity contribution < 1.29 is 17.5 Å². The van der Waals surface area contributed by atoms with E-state index in [4.69, 9.17) is 14.3 Å². The van der Waals surface area contributed by atoms with Gasteiger partial charge >= 0.3 is 0 Å². The van der Waals surface area contributed by atoms with Gasteiger partial charge < -0.3 is 9.05 Å². The lowest BCUT2D eigenvalue weighted by molar-refractivity contribution is 0.124. The molecule has 0 bridgehead atoms. The van der Waals surface area contributed by atoms with Gasteiger partial charge in [0.15, 0.2) is 9.84 Å². The van der Waals surface area contributed by atoms with Gasteiger partial charge in [0.25, 0.3) is 8.53 Å². The van der Waals surface area contributed by atoms with Crippen LogP contribution in [0.4, 0.5) is 0 Å². The van der Waals surface area contributed by atoms with E-state index in [9.17, 15) is 8.42 Å².